The molecule has 1 heterocycles. The van der Waals surface area contributed by atoms with E-state index in [1.54, 1.807) is 0 Å². The Morgan fingerprint density at radius 3 is 3.09 bits per heavy atom. The SMILES string of the molecule is CCC(O)Cn1cn[nH]c1=O. The van der Waals surface area contributed by atoms with E-state index in [4.69, 9.17) is 5.11 Å². The Hall–Kier alpha value is -1.10. The molecule has 5 heteroatoms. The minimum Gasteiger partial charge on any atom is -0.391 e. The summed E-state index contributed by atoms with van der Waals surface area (Å²) < 4.78 is 1.34. The van der Waals surface area contributed by atoms with Gasteiger partial charge in [0.1, 0.15) is 6.33 Å². The van der Waals surface area contributed by atoms with E-state index >= 15 is 0 Å². The van der Waals surface area contributed by atoms with E-state index in [1.807, 2.05) is 6.92 Å². The van der Waals surface area contributed by atoms with Gasteiger partial charge in [0.05, 0.1) is 12.6 Å². The van der Waals surface area contributed by atoms with Gasteiger partial charge in [-0.2, -0.15) is 5.10 Å². The highest BCUT2D eigenvalue weighted by Crippen LogP contribution is 1.91. The number of nitrogens with zero attached hydrogens (tertiary/aromatic N) is 2. The van der Waals surface area contributed by atoms with Crippen LogP contribution in [0.1, 0.15) is 13.3 Å². The van der Waals surface area contributed by atoms with Crippen LogP contribution in [0.25, 0.3) is 0 Å². The third-order valence-electron chi connectivity index (χ3n) is 1.50. The first-order chi connectivity index (χ1) is 5.24. The molecule has 1 aromatic heterocycles. The Kier molecular flexibility index (Phi) is 2.43. The largest absolute Gasteiger partial charge is 0.391 e. The summed E-state index contributed by atoms with van der Waals surface area (Å²) in [7, 11) is 0. The molecule has 1 unspecified atom stereocenters. The molecule has 0 aliphatic heterocycles. The molecule has 0 saturated heterocycles. The smallest absolute Gasteiger partial charge is 0.343 e. The highest BCUT2D eigenvalue weighted by Gasteiger charge is 2.03. The van der Waals surface area contributed by atoms with Crippen LogP contribution in [-0.4, -0.2) is 26.0 Å². The van der Waals surface area contributed by atoms with Crippen LogP contribution in [0.4, 0.5) is 0 Å². The summed E-state index contributed by atoms with van der Waals surface area (Å²) in [5, 5.41) is 14.9. The molecule has 0 amide bonds. The minimum atomic E-state index is -0.467. The van der Waals surface area contributed by atoms with Crippen molar-refractivity contribution >= 4 is 0 Å². The van der Waals surface area contributed by atoms with Crippen molar-refractivity contribution in [2.45, 2.75) is 26.0 Å². The fourth-order valence-corrected chi connectivity index (χ4v) is 0.757. The van der Waals surface area contributed by atoms with Crippen molar-refractivity contribution in [3.8, 4) is 0 Å². The van der Waals surface area contributed by atoms with Gasteiger partial charge in [-0.1, -0.05) is 6.92 Å². The molecule has 1 aromatic rings. The van der Waals surface area contributed by atoms with Crippen LogP contribution >= 0.6 is 0 Å². The van der Waals surface area contributed by atoms with Crippen LogP contribution in [0.3, 0.4) is 0 Å². The molecule has 2 N–H and O–H groups in total. The van der Waals surface area contributed by atoms with Gasteiger partial charge in [0.2, 0.25) is 0 Å². The van der Waals surface area contributed by atoms with E-state index in [9.17, 15) is 4.79 Å². The topological polar surface area (TPSA) is 70.9 Å². The molecule has 5 nitrogen and oxygen atoms in total. The van der Waals surface area contributed by atoms with Crippen LogP contribution < -0.4 is 5.69 Å². The fraction of sp³-hybridized carbons (Fsp3) is 0.667. The molecule has 0 aliphatic rings. The highest BCUT2D eigenvalue weighted by molar-refractivity contribution is 4.65. The third kappa shape index (κ3) is 1.91. The van der Waals surface area contributed by atoms with Crippen molar-refractivity contribution in [1.82, 2.24) is 14.8 Å². The second-order valence-electron chi connectivity index (χ2n) is 2.38. The Balaban J connectivity index is 2.64. The van der Waals surface area contributed by atoms with Gasteiger partial charge < -0.3 is 5.11 Å². The highest BCUT2D eigenvalue weighted by atomic mass is 16.3. The van der Waals surface area contributed by atoms with Gasteiger partial charge in [-0.15, -0.1) is 0 Å². The summed E-state index contributed by atoms with van der Waals surface area (Å²) in [4.78, 5) is 10.8. The maximum absolute atomic E-state index is 10.8. The number of H-pyrrole nitrogens is 1. The standard InChI is InChI=1S/C6H11N3O2/c1-2-5(10)3-9-4-7-8-6(9)11/h4-5,10H,2-3H2,1H3,(H,8,11). The number of aromatic nitrogens is 3. The molecule has 0 radical (unpaired) electrons. The molecule has 1 rings (SSSR count). The summed E-state index contributed by atoms with van der Waals surface area (Å²) in [6.07, 6.45) is 1.55. The summed E-state index contributed by atoms with van der Waals surface area (Å²) >= 11 is 0. The predicted octanol–water partition coefficient (Wildman–Crippen LogP) is -0.658. The number of rotatable bonds is 3. The summed E-state index contributed by atoms with van der Waals surface area (Å²) in [6, 6.07) is 0. The molecule has 11 heavy (non-hydrogen) atoms. The van der Waals surface area contributed by atoms with Gasteiger partial charge >= 0.3 is 5.69 Å². The minimum absolute atomic E-state index is 0.280. The molecular weight excluding hydrogens is 146 g/mol. The zero-order valence-electron chi connectivity index (χ0n) is 6.32. The first kappa shape index (κ1) is 8.00. The average molecular weight is 157 g/mol. The molecule has 0 aromatic carbocycles. The van der Waals surface area contributed by atoms with E-state index in [0.29, 0.717) is 13.0 Å². The lowest BCUT2D eigenvalue weighted by Crippen LogP contribution is -2.23. The predicted molar refractivity (Wildman–Crippen MR) is 39.1 cm³/mol. The zero-order chi connectivity index (χ0) is 8.27. The van der Waals surface area contributed by atoms with Crippen molar-refractivity contribution in [3.05, 3.63) is 16.8 Å². The number of aliphatic hydroxyl groups is 1. The van der Waals surface area contributed by atoms with Crippen molar-refractivity contribution in [2.75, 3.05) is 0 Å². The molecule has 62 valence electrons. The van der Waals surface area contributed by atoms with Crippen LogP contribution in [0.5, 0.6) is 0 Å². The lowest BCUT2D eigenvalue weighted by molar-refractivity contribution is 0.148. The van der Waals surface area contributed by atoms with E-state index in [-0.39, 0.29) is 5.69 Å². The fourth-order valence-electron chi connectivity index (χ4n) is 0.757. The van der Waals surface area contributed by atoms with Gasteiger partial charge in [0.15, 0.2) is 0 Å². The van der Waals surface area contributed by atoms with Crippen LogP contribution in [0.15, 0.2) is 11.1 Å². The molecule has 0 bridgehead atoms. The van der Waals surface area contributed by atoms with Crippen molar-refractivity contribution in [1.29, 1.82) is 0 Å². The number of hydrogen-bond acceptors (Lipinski definition) is 3. The van der Waals surface area contributed by atoms with E-state index < -0.39 is 6.10 Å². The van der Waals surface area contributed by atoms with Gasteiger partial charge in [-0.25, -0.2) is 9.89 Å². The van der Waals surface area contributed by atoms with E-state index in [0.717, 1.165) is 0 Å². The third-order valence-corrected chi connectivity index (χ3v) is 1.50. The lowest BCUT2D eigenvalue weighted by atomic mass is 10.3. The normalized spacial score (nSPS) is 13.3. The molecule has 0 spiro atoms. The summed E-state index contributed by atoms with van der Waals surface area (Å²) in [5.74, 6) is 0. The summed E-state index contributed by atoms with van der Waals surface area (Å²) in [5.41, 5.74) is -0.280. The Morgan fingerprint density at radius 2 is 2.64 bits per heavy atom. The van der Waals surface area contributed by atoms with Gasteiger partial charge in [0, 0.05) is 0 Å². The summed E-state index contributed by atoms with van der Waals surface area (Å²) in [6.45, 7) is 2.17. The lowest BCUT2D eigenvalue weighted by Gasteiger charge is -2.05. The molecule has 0 saturated carbocycles. The maximum Gasteiger partial charge on any atom is 0.343 e. The molecule has 1 atom stereocenters. The monoisotopic (exact) mass is 157 g/mol. The average Bonchev–Trinajstić information content (AvgIpc) is 2.37. The van der Waals surface area contributed by atoms with Crippen molar-refractivity contribution < 1.29 is 5.11 Å². The number of aromatic amines is 1. The molecule has 0 fully saturated rings. The van der Waals surface area contributed by atoms with Crippen LogP contribution in [0.2, 0.25) is 0 Å². The molecular formula is C6H11N3O2. The van der Waals surface area contributed by atoms with Gasteiger partial charge in [-0.05, 0) is 6.42 Å². The van der Waals surface area contributed by atoms with E-state index in [2.05, 4.69) is 10.2 Å². The first-order valence-electron chi connectivity index (χ1n) is 3.52. The Bertz CT molecular complexity index is 265. The second-order valence-corrected chi connectivity index (χ2v) is 2.38. The molecule has 0 aliphatic carbocycles. The second kappa shape index (κ2) is 3.34. The number of nitrogens with one attached hydrogen (secondary N) is 1. The van der Waals surface area contributed by atoms with Crippen molar-refractivity contribution in [3.63, 3.8) is 0 Å². The zero-order valence-corrected chi connectivity index (χ0v) is 6.32. The Labute approximate surface area is 63.7 Å². The van der Waals surface area contributed by atoms with Crippen LogP contribution in [-0.2, 0) is 6.54 Å². The number of hydrogen-bond donors (Lipinski definition) is 2. The maximum atomic E-state index is 10.8. The van der Waals surface area contributed by atoms with Gasteiger partial charge in [-0.3, -0.25) is 4.57 Å². The van der Waals surface area contributed by atoms with E-state index in [1.165, 1.54) is 10.9 Å². The van der Waals surface area contributed by atoms with Crippen molar-refractivity contribution in [2.24, 2.45) is 0 Å². The first-order valence-corrected chi connectivity index (χ1v) is 3.52. The quantitative estimate of drug-likeness (QED) is 0.612. The van der Waals surface area contributed by atoms with Crippen LogP contribution in [0, 0.1) is 0 Å². The van der Waals surface area contributed by atoms with Gasteiger partial charge in [0.25, 0.3) is 0 Å². The number of aliphatic hydroxyl groups excluding tert-OH is 1. The Morgan fingerprint density at radius 1 is 1.91 bits per heavy atom.